The summed E-state index contributed by atoms with van der Waals surface area (Å²) in [5.41, 5.74) is 1.62. The van der Waals surface area contributed by atoms with Crippen LogP contribution in [-0.2, 0) is 4.84 Å². The summed E-state index contributed by atoms with van der Waals surface area (Å²) < 4.78 is 0. The second-order valence-corrected chi connectivity index (χ2v) is 3.58. The van der Waals surface area contributed by atoms with E-state index in [1.165, 1.54) is 25.0 Å². The molecule has 56 valence electrons. The van der Waals surface area contributed by atoms with Gasteiger partial charge in [-0.1, -0.05) is 18.5 Å². The summed E-state index contributed by atoms with van der Waals surface area (Å²) in [5.74, 6) is 0. The lowest BCUT2D eigenvalue weighted by Gasteiger charge is -2.27. The van der Waals surface area contributed by atoms with E-state index in [1.54, 1.807) is 0 Å². The molecule has 2 heteroatoms. The maximum absolute atomic E-state index is 5.08. The molecule has 0 amide bonds. The van der Waals surface area contributed by atoms with Crippen molar-refractivity contribution < 1.29 is 4.84 Å². The third-order valence-corrected chi connectivity index (χ3v) is 2.65. The van der Waals surface area contributed by atoms with Crippen LogP contribution in [0.3, 0.4) is 0 Å². The first-order valence-corrected chi connectivity index (χ1v) is 4.01. The summed E-state index contributed by atoms with van der Waals surface area (Å²) in [5, 5.41) is 4.05. The van der Waals surface area contributed by atoms with E-state index in [9.17, 15) is 0 Å². The molecule has 0 aromatic heterocycles. The standard InChI is InChI=1S/C8H13NO/c1-8-5-3-2-4-7(8)9-10-6-8/h2-6H2,1H3. The maximum atomic E-state index is 5.08. The van der Waals surface area contributed by atoms with Crippen molar-refractivity contribution in [1.29, 1.82) is 0 Å². The average Bonchev–Trinajstić information content (AvgIpc) is 2.29. The highest BCUT2D eigenvalue weighted by Crippen LogP contribution is 2.37. The molecular weight excluding hydrogens is 126 g/mol. The normalized spacial score (nSPS) is 38.3. The minimum atomic E-state index is 0.318. The van der Waals surface area contributed by atoms with Crippen LogP contribution in [0.1, 0.15) is 32.6 Å². The Bertz CT molecular complexity index is 176. The third-order valence-electron chi connectivity index (χ3n) is 2.65. The SMILES string of the molecule is CC12CCCCC1=NOC2. The molecule has 1 saturated carbocycles. The van der Waals surface area contributed by atoms with Gasteiger partial charge in [0.15, 0.2) is 0 Å². The van der Waals surface area contributed by atoms with E-state index in [-0.39, 0.29) is 0 Å². The second-order valence-electron chi connectivity index (χ2n) is 3.58. The summed E-state index contributed by atoms with van der Waals surface area (Å²) in [6, 6.07) is 0. The van der Waals surface area contributed by atoms with Gasteiger partial charge in [-0.25, -0.2) is 0 Å². The van der Waals surface area contributed by atoms with Gasteiger partial charge in [-0.15, -0.1) is 0 Å². The van der Waals surface area contributed by atoms with Gasteiger partial charge in [-0.05, 0) is 19.3 Å². The van der Waals surface area contributed by atoms with E-state index in [1.807, 2.05) is 0 Å². The molecule has 0 N–H and O–H groups in total. The van der Waals surface area contributed by atoms with Crippen molar-refractivity contribution in [3.05, 3.63) is 0 Å². The van der Waals surface area contributed by atoms with Crippen molar-refractivity contribution >= 4 is 5.71 Å². The van der Waals surface area contributed by atoms with Crippen LogP contribution < -0.4 is 0 Å². The minimum absolute atomic E-state index is 0.318. The first-order valence-electron chi connectivity index (χ1n) is 4.01. The lowest BCUT2D eigenvalue weighted by atomic mass is 9.75. The molecule has 0 spiro atoms. The second kappa shape index (κ2) is 1.97. The minimum Gasteiger partial charge on any atom is -0.395 e. The summed E-state index contributed by atoms with van der Waals surface area (Å²) in [4.78, 5) is 5.08. The van der Waals surface area contributed by atoms with E-state index < -0.39 is 0 Å². The summed E-state index contributed by atoms with van der Waals surface area (Å²) in [6.07, 6.45) is 5.08. The summed E-state index contributed by atoms with van der Waals surface area (Å²) >= 11 is 0. The van der Waals surface area contributed by atoms with Crippen molar-refractivity contribution in [2.75, 3.05) is 6.61 Å². The smallest absolute Gasteiger partial charge is 0.127 e. The Morgan fingerprint density at radius 1 is 1.50 bits per heavy atom. The zero-order valence-corrected chi connectivity index (χ0v) is 6.39. The molecule has 0 aromatic rings. The molecule has 1 atom stereocenters. The molecule has 2 rings (SSSR count). The Morgan fingerprint density at radius 3 is 3.20 bits per heavy atom. The fourth-order valence-electron chi connectivity index (χ4n) is 1.82. The van der Waals surface area contributed by atoms with Crippen molar-refractivity contribution in [2.45, 2.75) is 32.6 Å². The van der Waals surface area contributed by atoms with Crippen LogP contribution in [0.4, 0.5) is 0 Å². The zero-order chi connectivity index (χ0) is 7.03. The van der Waals surface area contributed by atoms with E-state index in [0.717, 1.165) is 13.0 Å². The van der Waals surface area contributed by atoms with E-state index in [4.69, 9.17) is 4.84 Å². The van der Waals surface area contributed by atoms with E-state index in [0.29, 0.717) is 5.41 Å². The van der Waals surface area contributed by atoms with Gasteiger partial charge in [0.25, 0.3) is 0 Å². The third kappa shape index (κ3) is 0.746. The number of hydrogen-bond acceptors (Lipinski definition) is 2. The van der Waals surface area contributed by atoms with Crippen LogP contribution >= 0.6 is 0 Å². The van der Waals surface area contributed by atoms with E-state index >= 15 is 0 Å². The Hall–Kier alpha value is -0.530. The van der Waals surface area contributed by atoms with Crippen LogP contribution in [-0.4, -0.2) is 12.3 Å². The lowest BCUT2D eigenvalue weighted by molar-refractivity contribution is 0.120. The fourth-order valence-corrected chi connectivity index (χ4v) is 1.82. The molecule has 1 unspecified atom stereocenters. The summed E-state index contributed by atoms with van der Waals surface area (Å²) in [6.45, 7) is 3.08. The first-order chi connectivity index (χ1) is 4.81. The molecule has 2 aliphatic rings. The predicted molar refractivity (Wildman–Crippen MR) is 40.0 cm³/mol. The largest absolute Gasteiger partial charge is 0.395 e. The van der Waals surface area contributed by atoms with Gasteiger partial charge in [-0.2, -0.15) is 0 Å². The molecule has 0 bridgehead atoms. The zero-order valence-electron chi connectivity index (χ0n) is 6.39. The number of oxime groups is 1. The molecule has 1 aliphatic carbocycles. The fraction of sp³-hybridized carbons (Fsp3) is 0.875. The number of rotatable bonds is 0. The molecule has 1 fully saturated rings. The van der Waals surface area contributed by atoms with Crippen molar-refractivity contribution in [2.24, 2.45) is 10.6 Å². The quantitative estimate of drug-likeness (QED) is 0.502. The van der Waals surface area contributed by atoms with Crippen molar-refractivity contribution in [3.63, 3.8) is 0 Å². The molecule has 0 aromatic carbocycles. The average molecular weight is 139 g/mol. The highest BCUT2D eigenvalue weighted by atomic mass is 16.6. The monoisotopic (exact) mass is 139 g/mol. The van der Waals surface area contributed by atoms with Crippen LogP contribution in [0.5, 0.6) is 0 Å². The van der Waals surface area contributed by atoms with Crippen LogP contribution in [0.25, 0.3) is 0 Å². The van der Waals surface area contributed by atoms with Gasteiger partial charge in [0.2, 0.25) is 0 Å². The Morgan fingerprint density at radius 2 is 2.40 bits per heavy atom. The van der Waals surface area contributed by atoms with Gasteiger partial charge in [0.05, 0.1) is 5.71 Å². The molecule has 1 aliphatic heterocycles. The molecule has 2 nitrogen and oxygen atoms in total. The molecular formula is C8H13NO. The van der Waals surface area contributed by atoms with Crippen molar-refractivity contribution in [3.8, 4) is 0 Å². The van der Waals surface area contributed by atoms with Crippen LogP contribution in [0.2, 0.25) is 0 Å². The first kappa shape index (κ1) is 6.20. The Kier molecular flexibility index (Phi) is 1.22. The highest BCUT2D eigenvalue weighted by Gasteiger charge is 2.38. The van der Waals surface area contributed by atoms with Crippen LogP contribution in [0, 0.1) is 5.41 Å². The maximum Gasteiger partial charge on any atom is 0.127 e. The number of nitrogens with zero attached hydrogens (tertiary/aromatic N) is 1. The van der Waals surface area contributed by atoms with Crippen LogP contribution in [0.15, 0.2) is 5.16 Å². The lowest BCUT2D eigenvalue weighted by Crippen LogP contribution is -2.30. The topological polar surface area (TPSA) is 21.6 Å². The Balaban J connectivity index is 2.22. The number of hydrogen-bond donors (Lipinski definition) is 0. The van der Waals surface area contributed by atoms with Gasteiger partial charge in [-0.3, -0.25) is 0 Å². The Labute approximate surface area is 61.2 Å². The van der Waals surface area contributed by atoms with Gasteiger partial charge in [0.1, 0.15) is 6.61 Å². The molecule has 0 saturated heterocycles. The molecule has 0 radical (unpaired) electrons. The van der Waals surface area contributed by atoms with Crippen molar-refractivity contribution in [1.82, 2.24) is 0 Å². The molecule has 10 heavy (non-hydrogen) atoms. The predicted octanol–water partition coefficient (Wildman–Crippen LogP) is 1.95. The number of fused-ring (bicyclic) bond motifs is 1. The van der Waals surface area contributed by atoms with Gasteiger partial charge >= 0.3 is 0 Å². The van der Waals surface area contributed by atoms with E-state index in [2.05, 4.69) is 12.1 Å². The molecule has 1 heterocycles. The summed E-state index contributed by atoms with van der Waals surface area (Å²) in [7, 11) is 0. The van der Waals surface area contributed by atoms with Gasteiger partial charge < -0.3 is 4.84 Å². The van der Waals surface area contributed by atoms with Gasteiger partial charge in [0, 0.05) is 5.41 Å². The highest BCUT2D eigenvalue weighted by molar-refractivity contribution is 5.91.